The molecule has 1 aliphatic rings. The van der Waals surface area contributed by atoms with Crippen molar-refractivity contribution in [3.63, 3.8) is 0 Å². The lowest BCUT2D eigenvalue weighted by Gasteiger charge is -2.33. The first-order valence-corrected chi connectivity index (χ1v) is 11.2. The summed E-state index contributed by atoms with van der Waals surface area (Å²) in [6.45, 7) is 3.05. The molecule has 2 N–H and O–H groups in total. The molecule has 1 aliphatic heterocycles. The molecule has 2 aromatic heterocycles. The maximum absolute atomic E-state index is 11.5. The minimum atomic E-state index is -0.127. The number of aromatic amines is 1. The molecule has 1 fully saturated rings. The van der Waals surface area contributed by atoms with Crippen molar-refractivity contribution in [3.05, 3.63) is 88.1 Å². The van der Waals surface area contributed by atoms with Gasteiger partial charge in [0.15, 0.2) is 0 Å². The Labute approximate surface area is 191 Å². The third kappa shape index (κ3) is 4.64. The van der Waals surface area contributed by atoms with Gasteiger partial charge in [-0.25, -0.2) is 9.97 Å². The largest absolute Gasteiger partial charge is 0.342 e. The van der Waals surface area contributed by atoms with E-state index in [2.05, 4.69) is 43.0 Å². The Hall–Kier alpha value is -3.96. The molecule has 8 nitrogen and oxygen atoms in total. The van der Waals surface area contributed by atoms with Crippen LogP contribution < -0.4 is 15.8 Å². The third-order valence-corrected chi connectivity index (χ3v) is 6.12. The number of nitrogens with zero attached hydrogens (tertiary/aromatic N) is 5. The molecule has 1 saturated heterocycles. The van der Waals surface area contributed by atoms with E-state index in [-0.39, 0.29) is 5.56 Å². The van der Waals surface area contributed by atoms with Crippen LogP contribution in [0.15, 0.2) is 65.6 Å². The molecule has 0 aliphatic carbocycles. The predicted octanol–water partition coefficient (Wildman–Crippen LogP) is 2.80. The number of rotatable bonds is 6. The topological polar surface area (TPSA) is 103 Å². The molecule has 0 bridgehead atoms. The first-order chi connectivity index (χ1) is 16.2. The molecule has 4 aromatic rings. The van der Waals surface area contributed by atoms with Gasteiger partial charge in [0.05, 0.1) is 35.8 Å². The summed E-state index contributed by atoms with van der Waals surface area (Å²) in [7, 11) is 0. The number of fused-ring (bicyclic) bond motifs is 1. The first-order valence-electron chi connectivity index (χ1n) is 11.2. The fraction of sp³-hybridized carbons (Fsp3) is 0.280. The molecule has 0 amide bonds. The SMILES string of the molecule is N#Cc1ccc(Cn2c(N3CCC(NCc4nccc(=O)[nH]4)CC3)nc3ccccc32)cc1. The smallest absolute Gasteiger partial charge is 0.250 e. The molecule has 0 radical (unpaired) electrons. The molecule has 2 aromatic carbocycles. The highest BCUT2D eigenvalue weighted by Gasteiger charge is 2.23. The summed E-state index contributed by atoms with van der Waals surface area (Å²) >= 11 is 0. The first kappa shape index (κ1) is 20.9. The number of hydrogen-bond donors (Lipinski definition) is 2. The van der Waals surface area contributed by atoms with Crippen LogP contribution in [0.25, 0.3) is 11.0 Å². The molecule has 3 heterocycles. The van der Waals surface area contributed by atoms with Crippen LogP contribution in [0.2, 0.25) is 0 Å². The highest BCUT2D eigenvalue weighted by Crippen LogP contribution is 2.26. The second kappa shape index (κ2) is 9.27. The van der Waals surface area contributed by atoms with Gasteiger partial charge in [0.1, 0.15) is 5.82 Å². The van der Waals surface area contributed by atoms with Crippen LogP contribution in [0.4, 0.5) is 5.95 Å². The van der Waals surface area contributed by atoms with Gasteiger partial charge in [0, 0.05) is 31.4 Å². The van der Waals surface area contributed by atoms with Gasteiger partial charge in [-0.05, 0) is 42.7 Å². The summed E-state index contributed by atoms with van der Waals surface area (Å²) in [5.41, 5.74) is 3.77. The summed E-state index contributed by atoms with van der Waals surface area (Å²) in [6.07, 6.45) is 3.51. The Balaban J connectivity index is 1.31. The molecule has 0 saturated carbocycles. The van der Waals surface area contributed by atoms with Gasteiger partial charge in [-0.2, -0.15) is 5.26 Å². The van der Waals surface area contributed by atoms with Crippen LogP contribution in [-0.4, -0.2) is 38.7 Å². The zero-order valence-corrected chi connectivity index (χ0v) is 18.2. The summed E-state index contributed by atoms with van der Waals surface area (Å²) in [4.78, 5) is 25.7. The monoisotopic (exact) mass is 439 g/mol. The van der Waals surface area contributed by atoms with Crippen molar-refractivity contribution < 1.29 is 0 Å². The second-order valence-electron chi connectivity index (χ2n) is 8.32. The minimum absolute atomic E-state index is 0.127. The van der Waals surface area contributed by atoms with Gasteiger partial charge in [0.25, 0.3) is 5.56 Å². The average molecular weight is 440 g/mol. The molecule has 8 heteroatoms. The molecule has 0 atom stereocenters. The lowest BCUT2D eigenvalue weighted by molar-refractivity contribution is 0.405. The quantitative estimate of drug-likeness (QED) is 0.479. The summed E-state index contributed by atoms with van der Waals surface area (Å²) in [5, 5.41) is 12.6. The van der Waals surface area contributed by atoms with Gasteiger partial charge < -0.3 is 19.8 Å². The molecule has 0 spiro atoms. The third-order valence-electron chi connectivity index (χ3n) is 6.12. The van der Waals surface area contributed by atoms with Gasteiger partial charge >= 0.3 is 0 Å². The van der Waals surface area contributed by atoms with E-state index >= 15 is 0 Å². The summed E-state index contributed by atoms with van der Waals surface area (Å²) in [6, 6.07) is 19.9. The molecule has 33 heavy (non-hydrogen) atoms. The van der Waals surface area contributed by atoms with Crippen molar-refractivity contribution >= 4 is 17.0 Å². The number of benzene rings is 2. The highest BCUT2D eigenvalue weighted by atomic mass is 16.1. The van der Waals surface area contributed by atoms with Crippen molar-refractivity contribution in [2.45, 2.75) is 32.0 Å². The fourth-order valence-electron chi connectivity index (χ4n) is 4.35. The normalized spacial score (nSPS) is 14.5. The van der Waals surface area contributed by atoms with Crippen LogP contribution in [-0.2, 0) is 13.1 Å². The number of imidazole rings is 1. The number of hydrogen-bond acceptors (Lipinski definition) is 6. The van der Waals surface area contributed by atoms with Crippen LogP contribution in [0, 0.1) is 11.3 Å². The Morgan fingerprint density at radius 1 is 1.09 bits per heavy atom. The zero-order valence-electron chi connectivity index (χ0n) is 18.2. The summed E-state index contributed by atoms with van der Waals surface area (Å²) in [5.74, 6) is 1.64. The van der Waals surface area contributed by atoms with Gasteiger partial charge in [-0.3, -0.25) is 4.79 Å². The van der Waals surface area contributed by atoms with Gasteiger partial charge in [-0.15, -0.1) is 0 Å². The number of aromatic nitrogens is 4. The Morgan fingerprint density at radius 3 is 2.64 bits per heavy atom. The van der Waals surface area contributed by atoms with E-state index in [9.17, 15) is 4.79 Å². The van der Waals surface area contributed by atoms with Crippen LogP contribution in [0.1, 0.15) is 29.8 Å². The molecule has 0 unspecified atom stereocenters. The number of nitriles is 1. The number of piperidine rings is 1. The van der Waals surface area contributed by atoms with E-state index in [1.807, 2.05) is 36.4 Å². The lowest BCUT2D eigenvalue weighted by Crippen LogP contribution is -2.43. The van der Waals surface area contributed by atoms with Crippen molar-refractivity contribution in [3.8, 4) is 6.07 Å². The molecule has 166 valence electrons. The van der Waals surface area contributed by atoms with Gasteiger partial charge in [0.2, 0.25) is 5.95 Å². The number of nitrogens with one attached hydrogen (secondary N) is 2. The van der Waals surface area contributed by atoms with Crippen LogP contribution in [0.5, 0.6) is 0 Å². The Bertz CT molecular complexity index is 1340. The van der Waals surface area contributed by atoms with Crippen LogP contribution in [0.3, 0.4) is 0 Å². The fourth-order valence-corrected chi connectivity index (χ4v) is 4.35. The average Bonchev–Trinajstić information content (AvgIpc) is 3.22. The predicted molar refractivity (Wildman–Crippen MR) is 127 cm³/mol. The van der Waals surface area contributed by atoms with E-state index in [1.165, 1.54) is 12.3 Å². The van der Waals surface area contributed by atoms with E-state index in [0.29, 0.717) is 30.5 Å². The molecule has 5 rings (SSSR count). The summed E-state index contributed by atoms with van der Waals surface area (Å²) < 4.78 is 2.27. The second-order valence-corrected chi connectivity index (χ2v) is 8.32. The van der Waals surface area contributed by atoms with E-state index < -0.39 is 0 Å². The molecular formula is C25H25N7O. The van der Waals surface area contributed by atoms with E-state index in [0.717, 1.165) is 48.5 Å². The zero-order chi connectivity index (χ0) is 22.6. The van der Waals surface area contributed by atoms with Crippen molar-refractivity contribution in [2.75, 3.05) is 18.0 Å². The Kier molecular flexibility index (Phi) is 5.87. The molecular weight excluding hydrogens is 414 g/mol. The minimum Gasteiger partial charge on any atom is -0.342 e. The highest BCUT2D eigenvalue weighted by molar-refractivity contribution is 5.79. The van der Waals surface area contributed by atoms with E-state index in [4.69, 9.17) is 10.2 Å². The number of para-hydroxylation sites is 2. The standard InChI is InChI=1S/C25H25N7O/c26-15-18-5-7-19(8-6-18)17-32-22-4-2-1-3-21(22)29-25(32)31-13-10-20(11-14-31)28-16-23-27-12-9-24(33)30-23/h1-9,12,20,28H,10-11,13-14,16-17H2,(H,27,30,33). The van der Waals surface area contributed by atoms with Crippen LogP contribution >= 0.6 is 0 Å². The van der Waals surface area contributed by atoms with Gasteiger partial charge in [-0.1, -0.05) is 24.3 Å². The number of anilines is 1. The Morgan fingerprint density at radius 2 is 1.88 bits per heavy atom. The van der Waals surface area contributed by atoms with Crippen molar-refractivity contribution in [2.24, 2.45) is 0 Å². The lowest BCUT2D eigenvalue weighted by atomic mass is 10.1. The maximum Gasteiger partial charge on any atom is 0.250 e. The van der Waals surface area contributed by atoms with Crippen molar-refractivity contribution in [1.82, 2.24) is 24.8 Å². The maximum atomic E-state index is 11.5. The number of H-pyrrole nitrogens is 1. The van der Waals surface area contributed by atoms with E-state index in [1.54, 1.807) is 0 Å². The van der Waals surface area contributed by atoms with Crippen molar-refractivity contribution in [1.29, 1.82) is 5.26 Å².